The molecular weight excluding hydrogens is 595 g/mol. The number of para-hydroxylation sites is 3. The van der Waals surface area contributed by atoms with Crippen molar-refractivity contribution >= 4 is 62.7 Å². The van der Waals surface area contributed by atoms with Crippen LogP contribution in [0.15, 0.2) is 152 Å². The van der Waals surface area contributed by atoms with Crippen LogP contribution in [0, 0.1) is 0 Å². The van der Waals surface area contributed by atoms with Crippen LogP contribution >= 0.6 is 7.92 Å². The Morgan fingerprint density at radius 1 is 0.404 bits per heavy atom. The van der Waals surface area contributed by atoms with Gasteiger partial charge in [-0.05, 0) is 83.9 Å². The molecule has 0 atom stereocenters. The zero-order valence-corrected chi connectivity index (χ0v) is 26.0. The molecule has 0 bridgehead atoms. The maximum Gasteiger partial charge on any atom is 0.140 e. The highest BCUT2D eigenvalue weighted by atomic mass is 31.1. The molecule has 0 saturated heterocycles. The Hall–Kier alpha value is -5.83. The van der Waals surface area contributed by atoms with Gasteiger partial charge in [0.25, 0.3) is 0 Å². The van der Waals surface area contributed by atoms with Gasteiger partial charge in [0.1, 0.15) is 23.0 Å². The lowest BCUT2D eigenvalue weighted by atomic mass is 10.0. The standard InChI is InChI=1S/C42H25N2O2P/c1-3-11-28(12-4-1)43-32-16-8-7-15-30(32)31-22-21-26(23-35(31)43)27-24-38-42-39(25-27)46-37-20-10-18-34-41(37)47(42)40-33(17-9-19-36(40)45-38)44(34)29-13-5-2-6-14-29/h1-25H. The summed E-state index contributed by atoms with van der Waals surface area (Å²) in [5, 5.41) is 6.15. The van der Waals surface area contributed by atoms with Crippen LogP contribution in [0.2, 0.25) is 0 Å². The van der Waals surface area contributed by atoms with Crippen molar-refractivity contribution in [2.75, 3.05) is 4.90 Å². The molecule has 1 aromatic heterocycles. The first-order valence-electron chi connectivity index (χ1n) is 15.9. The molecule has 3 aliphatic heterocycles. The second-order valence-electron chi connectivity index (χ2n) is 12.2. The molecule has 7 aromatic carbocycles. The van der Waals surface area contributed by atoms with E-state index in [1.807, 2.05) is 0 Å². The van der Waals surface area contributed by atoms with Crippen LogP contribution in [-0.4, -0.2) is 4.57 Å². The lowest BCUT2D eigenvalue weighted by Crippen LogP contribution is -2.39. The molecule has 47 heavy (non-hydrogen) atoms. The molecule has 4 heterocycles. The molecule has 0 fully saturated rings. The topological polar surface area (TPSA) is 26.6 Å². The third-order valence-electron chi connectivity index (χ3n) is 9.62. The smallest absolute Gasteiger partial charge is 0.140 e. The zero-order chi connectivity index (χ0) is 30.6. The summed E-state index contributed by atoms with van der Waals surface area (Å²) in [7, 11) is -0.875. The summed E-state index contributed by atoms with van der Waals surface area (Å²) < 4.78 is 16.0. The van der Waals surface area contributed by atoms with Gasteiger partial charge in [0.15, 0.2) is 0 Å². The average Bonchev–Trinajstić information content (AvgIpc) is 3.46. The second kappa shape index (κ2) is 9.35. The molecule has 0 radical (unpaired) electrons. The molecule has 5 heteroatoms. The highest BCUT2D eigenvalue weighted by molar-refractivity contribution is 7.81. The third kappa shape index (κ3) is 3.45. The Kier molecular flexibility index (Phi) is 5.05. The van der Waals surface area contributed by atoms with E-state index in [-0.39, 0.29) is 0 Å². The number of aromatic nitrogens is 1. The van der Waals surface area contributed by atoms with Crippen LogP contribution in [0.1, 0.15) is 0 Å². The molecule has 0 saturated carbocycles. The Balaban J connectivity index is 1.12. The normalized spacial score (nSPS) is 13.7. The lowest BCUT2D eigenvalue weighted by molar-refractivity contribution is 0.466. The van der Waals surface area contributed by atoms with Crippen LogP contribution in [0.4, 0.5) is 17.1 Å². The quantitative estimate of drug-likeness (QED) is 0.184. The highest BCUT2D eigenvalue weighted by Gasteiger charge is 2.45. The van der Waals surface area contributed by atoms with E-state index in [9.17, 15) is 0 Å². The molecule has 3 aliphatic rings. The Bertz CT molecular complexity index is 2510. The van der Waals surface area contributed by atoms with Crippen molar-refractivity contribution in [1.82, 2.24) is 4.57 Å². The van der Waals surface area contributed by atoms with E-state index in [4.69, 9.17) is 9.47 Å². The molecule has 0 aliphatic carbocycles. The molecule has 0 N–H and O–H groups in total. The maximum absolute atomic E-state index is 6.83. The minimum Gasteiger partial charge on any atom is -0.456 e. The van der Waals surface area contributed by atoms with Gasteiger partial charge in [0, 0.05) is 30.1 Å². The molecule has 0 spiro atoms. The molecule has 220 valence electrons. The lowest BCUT2D eigenvalue weighted by Gasteiger charge is -2.43. The Labute approximate surface area is 272 Å². The van der Waals surface area contributed by atoms with Crippen LogP contribution in [-0.2, 0) is 0 Å². The van der Waals surface area contributed by atoms with Gasteiger partial charge in [0.05, 0.1) is 38.3 Å². The fourth-order valence-electron chi connectivity index (χ4n) is 7.68. The number of fused-ring (bicyclic) bond motifs is 3. The fraction of sp³-hybridized carbons (Fsp3) is 0. The average molecular weight is 621 g/mol. The number of nitrogens with zero attached hydrogens (tertiary/aromatic N) is 2. The highest BCUT2D eigenvalue weighted by Crippen LogP contribution is 2.60. The van der Waals surface area contributed by atoms with Gasteiger partial charge in [-0.15, -0.1) is 0 Å². The van der Waals surface area contributed by atoms with Gasteiger partial charge in [-0.1, -0.05) is 78.9 Å². The van der Waals surface area contributed by atoms with Crippen molar-refractivity contribution < 1.29 is 9.47 Å². The van der Waals surface area contributed by atoms with Crippen molar-refractivity contribution in [1.29, 1.82) is 0 Å². The first kappa shape index (κ1) is 25.4. The summed E-state index contributed by atoms with van der Waals surface area (Å²) >= 11 is 0. The summed E-state index contributed by atoms with van der Waals surface area (Å²) in [5.74, 6) is 3.61. The van der Waals surface area contributed by atoms with Gasteiger partial charge in [0.2, 0.25) is 0 Å². The van der Waals surface area contributed by atoms with Crippen molar-refractivity contribution in [3.8, 4) is 39.8 Å². The number of hydrogen-bond donors (Lipinski definition) is 0. The first-order valence-corrected chi connectivity index (χ1v) is 17.2. The summed E-state index contributed by atoms with van der Waals surface area (Å²) in [6, 6.07) is 54.0. The van der Waals surface area contributed by atoms with E-state index in [0.29, 0.717) is 0 Å². The number of hydrogen-bond acceptors (Lipinski definition) is 3. The minimum absolute atomic E-state index is 0.875. The summed E-state index contributed by atoms with van der Waals surface area (Å²) in [6.07, 6.45) is 0. The van der Waals surface area contributed by atoms with Crippen molar-refractivity contribution in [2.45, 2.75) is 0 Å². The first-order chi connectivity index (χ1) is 23.3. The van der Waals surface area contributed by atoms with E-state index in [1.54, 1.807) is 0 Å². The summed E-state index contributed by atoms with van der Waals surface area (Å²) in [4.78, 5) is 2.36. The maximum atomic E-state index is 6.83. The number of ether oxygens (including phenoxy) is 2. The third-order valence-corrected chi connectivity index (χ3v) is 12.3. The van der Waals surface area contributed by atoms with E-state index in [1.165, 1.54) is 43.8 Å². The van der Waals surface area contributed by atoms with Crippen molar-refractivity contribution in [3.05, 3.63) is 152 Å². The van der Waals surface area contributed by atoms with E-state index in [0.717, 1.165) is 50.8 Å². The van der Waals surface area contributed by atoms with E-state index >= 15 is 0 Å². The largest absolute Gasteiger partial charge is 0.456 e. The molecule has 0 amide bonds. The van der Waals surface area contributed by atoms with Crippen LogP contribution in [0.5, 0.6) is 23.0 Å². The van der Waals surface area contributed by atoms with Gasteiger partial charge in [-0.25, -0.2) is 0 Å². The minimum atomic E-state index is -0.875. The second-order valence-corrected chi connectivity index (χ2v) is 14.2. The Morgan fingerprint density at radius 2 is 1.00 bits per heavy atom. The van der Waals surface area contributed by atoms with Crippen LogP contribution in [0.25, 0.3) is 38.6 Å². The fourth-order valence-corrected chi connectivity index (χ4v) is 10.5. The van der Waals surface area contributed by atoms with E-state index in [2.05, 4.69) is 161 Å². The van der Waals surface area contributed by atoms with Gasteiger partial charge in [-0.2, -0.15) is 0 Å². The molecule has 11 rings (SSSR count). The van der Waals surface area contributed by atoms with Crippen LogP contribution < -0.4 is 30.3 Å². The Morgan fingerprint density at radius 3 is 1.68 bits per heavy atom. The summed E-state index contributed by atoms with van der Waals surface area (Å²) in [6.45, 7) is 0. The monoisotopic (exact) mass is 620 g/mol. The van der Waals surface area contributed by atoms with Gasteiger partial charge >= 0.3 is 0 Å². The van der Waals surface area contributed by atoms with Gasteiger partial charge in [-0.3, -0.25) is 0 Å². The number of rotatable bonds is 3. The zero-order valence-electron chi connectivity index (χ0n) is 25.1. The van der Waals surface area contributed by atoms with Crippen molar-refractivity contribution in [2.24, 2.45) is 0 Å². The predicted octanol–water partition coefficient (Wildman–Crippen LogP) is 10.2. The molecule has 4 nitrogen and oxygen atoms in total. The molecule has 0 unspecified atom stereocenters. The number of anilines is 3. The number of benzene rings is 7. The molecular formula is C42H25N2O2P. The predicted molar refractivity (Wildman–Crippen MR) is 193 cm³/mol. The SMILES string of the molecule is c1ccc(N2c3cccc4c3P3c5c(cc(-c6ccc7c8ccccc8n(-c8ccccc8)c7c6)cc5Oc5cccc2c53)O4)cc1. The van der Waals surface area contributed by atoms with Gasteiger partial charge < -0.3 is 18.9 Å². The van der Waals surface area contributed by atoms with E-state index < -0.39 is 7.92 Å². The molecule has 8 aromatic rings. The summed E-state index contributed by atoms with van der Waals surface area (Å²) in [5.41, 5.74) is 9.18. The van der Waals surface area contributed by atoms with Crippen molar-refractivity contribution in [3.63, 3.8) is 0 Å². The van der Waals surface area contributed by atoms with Crippen LogP contribution in [0.3, 0.4) is 0 Å².